The molecule has 1 aliphatic carbocycles. The molecule has 1 unspecified atom stereocenters. The molecule has 36 heavy (non-hydrogen) atoms. The topological polar surface area (TPSA) is 71.0 Å². The Morgan fingerprint density at radius 1 is 1.33 bits per heavy atom. The average Bonchev–Trinajstić information content (AvgIpc) is 2.89. The monoisotopic (exact) mass is 526 g/mol. The van der Waals surface area contributed by atoms with Crippen LogP contribution in [0.1, 0.15) is 69.8 Å². The summed E-state index contributed by atoms with van der Waals surface area (Å²) in [7, 11) is 3.57. The van der Waals surface area contributed by atoms with Crippen molar-refractivity contribution in [2.45, 2.75) is 75.9 Å². The maximum Gasteiger partial charge on any atom is 0.223 e. The molecule has 2 fully saturated rings. The fourth-order valence-corrected chi connectivity index (χ4v) is 6.09. The van der Waals surface area contributed by atoms with E-state index in [-0.39, 0.29) is 35.4 Å². The minimum atomic E-state index is -1.60. The van der Waals surface area contributed by atoms with Gasteiger partial charge in [-0.3, -0.25) is 4.79 Å². The minimum Gasteiger partial charge on any atom is -0.385 e. The molecule has 1 aromatic rings. The summed E-state index contributed by atoms with van der Waals surface area (Å²) in [6, 6.07) is 4.67. The van der Waals surface area contributed by atoms with Gasteiger partial charge < -0.3 is 24.8 Å². The number of carbonyl (C=O) groups is 1. The normalized spacial score (nSPS) is 21.8. The number of nitrogens with zero attached hydrogens (tertiary/aromatic N) is 1. The molecule has 1 amide bonds. The van der Waals surface area contributed by atoms with Gasteiger partial charge in [-0.15, -0.1) is 0 Å². The molecular weight excluding hydrogens is 483 g/mol. The highest BCUT2D eigenvalue weighted by molar-refractivity contribution is 6.30. The van der Waals surface area contributed by atoms with E-state index in [9.17, 15) is 9.90 Å². The summed E-state index contributed by atoms with van der Waals surface area (Å²) < 4.78 is 26.3. The van der Waals surface area contributed by atoms with Gasteiger partial charge in [-0.1, -0.05) is 55.8 Å². The van der Waals surface area contributed by atoms with Crippen molar-refractivity contribution >= 4 is 17.5 Å². The van der Waals surface area contributed by atoms with Crippen LogP contribution in [0, 0.1) is 17.7 Å². The largest absolute Gasteiger partial charge is 0.385 e. The predicted molar refractivity (Wildman–Crippen MR) is 141 cm³/mol. The van der Waals surface area contributed by atoms with E-state index in [1.165, 1.54) is 38.2 Å². The van der Waals surface area contributed by atoms with Crippen molar-refractivity contribution < 1.29 is 23.8 Å². The number of morpholine rings is 1. The van der Waals surface area contributed by atoms with Gasteiger partial charge in [-0.2, -0.15) is 0 Å². The lowest BCUT2D eigenvalue weighted by Crippen LogP contribution is -2.55. The number of carbonyl (C=O) groups excluding carboxylic acids is 1. The standard InChI is InChI=1S/C28H44ClFN2O4/c1-31-19-22(17-21-9-4-3-5-10-21)18-26(33)32-14-16-36-25(20-32)28(34,13-6-7-15-35-2)23-11-8-12-24(29)27(23)30/h8,11-12,21-22,25,31,34H,3-7,9-10,13-20H2,1-2H3/t22-,25?,28-/m1/s1. The van der Waals surface area contributed by atoms with Crippen molar-refractivity contribution in [2.24, 2.45) is 11.8 Å². The molecule has 0 aromatic heterocycles. The first-order valence-electron chi connectivity index (χ1n) is 13.6. The fraction of sp³-hybridized carbons (Fsp3) is 0.750. The van der Waals surface area contributed by atoms with E-state index in [2.05, 4.69) is 5.32 Å². The van der Waals surface area contributed by atoms with E-state index in [1.54, 1.807) is 24.1 Å². The van der Waals surface area contributed by atoms with Crippen molar-refractivity contribution in [3.8, 4) is 0 Å². The maximum atomic E-state index is 15.1. The number of amides is 1. The summed E-state index contributed by atoms with van der Waals surface area (Å²) in [6.07, 6.45) is 8.85. The van der Waals surface area contributed by atoms with Crippen LogP contribution >= 0.6 is 11.6 Å². The van der Waals surface area contributed by atoms with Gasteiger partial charge in [-0.05, 0) is 57.2 Å². The van der Waals surface area contributed by atoms with Crippen molar-refractivity contribution in [1.82, 2.24) is 10.2 Å². The number of nitrogens with one attached hydrogen (secondary N) is 1. The highest BCUT2D eigenvalue weighted by Gasteiger charge is 2.44. The van der Waals surface area contributed by atoms with Crippen LogP contribution in [0.2, 0.25) is 5.02 Å². The highest BCUT2D eigenvalue weighted by atomic mass is 35.5. The van der Waals surface area contributed by atoms with E-state index in [4.69, 9.17) is 21.1 Å². The Kier molecular flexibility index (Phi) is 11.9. The van der Waals surface area contributed by atoms with Crippen LogP contribution < -0.4 is 5.32 Å². The molecule has 0 radical (unpaired) electrons. The first kappa shape index (κ1) is 29.3. The number of aliphatic hydroxyl groups is 1. The van der Waals surface area contributed by atoms with Gasteiger partial charge in [0, 0.05) is 32.2 Å². The third-order valence-corrected chi connectivity index (χ3v) is 8.17. The van der Waals surface area contributed by atoms with E-state index in [0.29, 0.717) is 38.5 Å². The number of halogens is 2. The first-order valence-corrected chi connectivity index (χ1v) is 14.0. The van der Waals surface area contributed by atoms with Crippen LogP contribution in [0.3, 0.4) is 0 Å². The smallest absolute Gasteiger partial charge is 0.223 e. The molecule has 1 aliphatic heterocycles. The van der Waals surface area contributed by atoms with Crippen molar-refractivity contribution in [2.75, 3.05) is 47.0 Å². The zero-order valence-electron chi connectivity index (χ0n) is 21.9. The number of hydrogen-bond acceptors (Lipinski definition) is 5. The Bertz CT molecular complexity index is 823. The van der Waals surface area contributed by atoms with E-state index in [1.807, 2.05) is 7.05 Å². The van der Waals surface area contributed by atoms with Crippen LogP contribution in [0.4, 0.5) is 4.39 Å². The van der Waals surface area contributed by atoms with Crippen molar-refractivity contribution in [3.05, 3.63) is 34.6 Å². The summed E-state index contributed by atoms with van der Waals surface area (Å²) in [5.41, 5.74) is -1.48. The fourth-order valence-electron chi connectivity index (χ4n) is 5.91. The molecule has 1 aromatic carbocycles. The van der Waals surface area contributed by atoms with Crippen molar-refractivity contribution in [3.63, 3.8) is 0 Å². The molecule has 1 saturated heterocycles. The second-order valence-corrected chi connectivity index (χ2v) is 10.9. The number of unbranched alkanes of at least 4 members (excludes halogenated alkanes) is 1. The second-order valence-electron chi connectivity index (χ2n) is 10.5. The quantitative estimate of drug-likeness (QED) is 0.357. The molecule has 0 spiro atoms. The molecule has 6 nitrogen and oxygen atoms in total. The van der Waals surface area contributed by atoms with Crippen LogP contribution in [-0.2, 0) is 19.9 Å². The van der Waals surface area contributed by atoms with Gasteiger partial charge in [0.25, 0.3) is 0 Å². The van der Waals surface area contributed by atoms with Gasteiger partial charge in [-0.25, -0.2) is 4.39 Å². The first-order chi connectivity index (χ1) is 17.4. The highest BCUT2D eigenvalue weighted by Crippen LogP contribution is 2.38. The predicted octanol–water partition coefficient (Wildman–Crippen LogP) is 4.91. The third kappa shape index (κ3) is 7.87. The van der Waals surface area contributed by atoms with Gasteiger partial charge in [0.05, 0.1) is 18.2 Å². The zero-order valence-corrected chi connectivity index (χ0v) is 22.7. The Hall–Kier alpha value is -1.25. The Balaban J connectivity index is 1.72. The third-order valence-electron chi connectivity index (χ3n) is 7.87. The lowest BCUT2D eigenvalue weighted by atomic mass is 9.81. The number of rotatable bonds is 13. The lowest BCUT2D eigenvalue weighted by molar-refractivity contribution is -0.166. The van der Waals surface area contributed by atoms with Crippen molar-refractivity contribution in [1.29, 1.82) is 0 Å². The molecule has 8 heteroatoms. The van der Waals surface area contributed by atoms with E-state index >= 15 is 4.39 Å². The Morgan fingerprint density at radius 3 is 2.83 bits per heavy atom. The van der Waals surface area contributed by atoms with Crippen LogP contribution in [0.15, 0.2) is 18.2 Å². The molecule has 204 valence electrons. The summed E-state index contributed by atoms with van der Waals surface area (Å²) in [6.45, 7) is 2.37. The van der Waals surface area contributed by atoms with Gasteiger partial charge in [0.1, 0.15) is 17.5 Å². The number of methoxy groups -OCH3 is 1. The SMILES string of the molecule is CNC[C@@H](CC(=O)N1CCOC([C@@](O)(CCCCOC)c2cccc(Cl)c2F)C1)CC1CCCCC1. The van der Waals surface area contributed by atoms with Crippen LogP contribution in [0.25, 0.3) is 0 Å². The van der Waals surface area contributed by atoms with Crippen LogP contribution in [0.5, 0.6) is 0 Å². The molecule has 1 saturated carbocycles. The summed E-state index contributed by atoms with van der Waals surface area (Å²) >= 11 is 6.07. The number of hydrogen-bond donors (Lipinski definition) is 2. The zero-order chi connectivity index (χ0) is 26.0. The average molecular weight is 527 g/mol. The number of benzene rings is 1. The van der Waals surface area contributed by atoms with Crippen LogP contribution in [-0.4, -0.2) is 69.0 Å². The second kappa shape index (κ2) is 14.6. The number of ether oxygens (including phenoxy) is 2. The Morgan fingerprint density at radius 2 is 2.11 bits per heavy atom. The Labute approximate surface area is 220 Å². The molecular formula is C28H44ClFN2O4. The molecule has 2 N–H and O–H groups in total. The van der Waals surface area contributed by atoms with Gasteiger partial charge in [0.2, 0.25) is 5.91 Å². The molecule has 3 rings (SSSR count). The van der Waals surface area contributed by atoms with Gasteiger partial charge in [0.15, 0.2) is 0 Å². The summed E-state index contributed by atoms with van der Waals surface area (Å²) in [5, 5.41) is 15.1. The van der Waals surface area contributed by atoms with Gasteiger partial charge >= 0.3 is 0 Å². The molecule has 1 heterocycles. The summed E-state index contributed by atoms with van der Waals surface area (Å²) in [5.74, 6) is 0.421. The molecule has 2 aliphatic rings. The molecule has 0 bridgehead atoms. The minimum absolute atomic E-state index is 0.0378. The maximum absolute atomic E-state index is 15.1. The summed E-state index contributed by atoms with van der Waals surface area (Å²) in [4.78, 5) is 15.2. The van der Waals surface area contributed by atoms with E-state index in [0.717, 1.165) is 19.4 Å². The lowest BCUT2D eigenvalue weighted by Gasteiger charge is -2.43. The molecule has 3 atom stereocenters. The van der Waals surface area contributed by atoms with E-state index < -0.39 is 17.5 Å².